The van der Waals surface area contributed by atoms with E-state index in [1.54, 1.807) is 19.2 Å². The molecule has 3 aromatic rings. The number of tetrazole rings is 1. The standard InChI is InChI=1S/C19H22N6O3/c1-3-14-6-8-15(9-7-14)19-21-23-25(22-19)13-18(27)24(2)12-17(26)20-11-16-5-4-10-28-16/h4-10H,3,11-13H2,1-2H3,(H,20,26). The molecule has 0 fully saturated rings. The van der Waals surface area contributed by atoms with Crippen LogP contribution in [0.4, 0.5) is 0 Å². The topological polar surface area (TPSA) is 106 Å². The molecule has 1 aromatic carbocycles. The minimum atomic E-state index is -0.293. The molecular weight excluding hydrogens is 360 g/mol. The third-order valence-corrected chi connectivity index (χ3v) is 4.20. The maximum Gasteiger partial charge on any atom is 0.246 e. The lowest BCUT2D eigenvalue weighted by molar-refractivity contribution is -0.135. The smallest absolute Gasteiger partial charge is 0.246 e. The lowest BCUT2D eigenvalue weighted by atomic mass is 10.1. The van der Waals surface area contributed by atoms with Crippen LogP contribution >= 0.6 is 0 Å². The monoisotopic (exact) mass is 382 g/mol. The molecule has 0 saturated carbocycles. The molecular formula is C19H22N6O3. The lowest BCUT2D eigenvalue weighted by Gasteiger charge is -2.16. The van der Waals surface area contributed by atoms with Crippen LogP contribution in [0.5, 0.6) is 0 Å². The molecule has 9 heteroatoms. The van der Waals surface area contributed by atoms with E-state index in [9.17, 15) is 9.59 Å². The zero-order valence-corrected chi connectivity index (χ0v) is 15.8. The van der Waals surface area contributed by atoms with Crippen LogP contribution < -0.4 is 5.32 Å². The molecule has 1 N–H and O–H groups in total. The fraction of sp³-hybridized carbons (Fsp3) is 0.316. The molecule has 0 radical (unpaired) electrons. The second-order valence-electron chi connectivity index (χ2n) is 6.30. The summed E-state index contributed by atoms with van der Waals surface area (Å²) in [4.78, 5) is 26.8. The molecule has 9 nitrogen and oxygen atoms in total. The molecule has 0 saturated heterocycles. The molecule has 0 atom stereocenters. The molecule has 0 aliphatic rings. The van der Waals surface area contributed by atoms with Gasteiger partial charge in [-0.25, -0.2) is 0 Å². The first-order chi connectivity index (χ1) is 13.5. The number of rotatable bonds is 8. The van der Waals surface area contributed by atoms with E-state index in [0.29, 0.717) is 11.6 Å². The van der Waals surface area contributed by atoms with Gasteiger partial charge in [-0.3, -0.25) is 9.59 Å². The highest BCUT2D eigenvalue weighted by atomic mass is 16.3. The van der Waals surface area contributed by atoms with Crippen LogP contribution in [-0.4, -0.2) is 50.5 Å². The maximum atomic E-state index is 12.3. The van der Waals surface area contributed by atoms with Crippen LogP contribution in [0, 0.1) is 0 Å². The number of amides is 2. The maximum absolute atomic E-state index is 12.3. The Hall–Kier alpha value is -3.49. The molecule has 2 aromatic heterocycles. The van der Waals surface area contributed by atoms with Gasteiger partial charge in [0.2, 0.25) is 17.6 Å². The highest BCUT2D eigenvalue weighted by Gasteiger charge is 2.16. The molecule has 0 bridgehead atoms. The first-order valence-electron chi connectivity index (χ1n) is 8.95. The number of likely N-dealkylation sites (N-methyl/N-ethyl adjacent to an activating group) is 1. The van der Waals surface area contributed by atoms with Crippen molar-refractivity contribution in [2.24, 2.45) is 0 Å². The summed E-state index contributed by atoms with van der Waals surface area (Å²) < 4.78 is 5.14. The highest BCUT2D eigenvalue weighted by Crippen LogP contribution is 2.14. The van der Waals surface area contributed by atoms with Gasteiger partial charge in [0.1, 0.15) is 12.3 Å². The Labute approximate surface area is 162 Å². The van der Waals surface area contributed by atoms with Crippen molar-refractivity contribution < 1.29 is 14.0 Å². The van der Waals surface area contributed by atoms with Crippen LogP contribution in [-0.2, 0) is 29.1 Å². The van der Waals surface area contributed by atoms with E-state index in [-0.39, 0.29) is 31.4 Å². The third kappa shape index (κ3) is 5.03. The number of hydrogen-bond donors (Lipinski definition) is 1. The highest BCUT2D eigenvalue weighted by molar-refractivity contribution is 5.84. The number of furan rings is 1. The summed E-state index contributed by atoms with van der Waals surface area (Å²) >= 11 is 0. The van der Waals surface area contributed by atoms with Gasteiger partial charge in [0, 0.05) is 12.6 Å². The van der Waals surface area contributed by atoms with E-state index in [0.717, 1.165) is 12.0 Å². The van der Waals surface area contributed by atoms with Gasteiger partial charge >= 0.3 is 0 Å². The second kappa shape index (κ2) is 8.94. The van der Waals surface area contributed by atoms with Gasteiger partial charge in [0.05, 0.1) is 19.4 Å². The van der Waals surface area contributed by atoms with E-state index in [2.05, 4.69) is 27.7 Å². The predicted octanol–water partition coefficient (Wildman–Crippen LogP) is 1.27. The van der Waals surface area contributed by atoms with Crippen molar-refractivity contribution in [2.45, 2.75) is 26.4 Å². The number of nitrogens with one attached hydrogen (secondary N) is 1. The molecule has 2 amide bonds. The minimum Gasteiger partial charge on any atom is -0.467 e. The first kappa shape index (κ1) is 19.3. The van der Waals surface area contributed by atoms with Gasteiger partial charge in [-0.05, 0) is 29.3 Å². The Balaban J connectivity index is 1.50. The molecule has 0 aliphatic carbocycles. The molecule has 3 rings (SSSR count). The quantitative estimate of drug-likeness (QED) is 0.629. The predicted molar refractivity (Wildman–Crippen MR) is 101 cm³/mol. The summed E-state index contributed by atoms with van der Waals surface area (Å²) in [5.41, 5.74) is 2.06. The molecule has 0 unspecified atom stereocenters. The summed E-state index contributed by atoms with van der Waals surface area (Å²) in [5, 5.41) is 14.9. The summed E-state index contributed by atoms with van der Waals surface area (Å²) in [5.74, 6) is 0.525. The largest absolute Gasteiger partial charge is 0.467 e. The number of nitrogens with zero attached hydrogens (tertiary/aromatic N) is 5. The Kier molecular flexibility index (Phi) is 6.15. The van der Waals surface area contributed by atoms with Crippen molar-refractivity contribution in [1.29, 1.82) is 0 Å². The number of hydrogen-bond acceptors (Lipinski definition) is 6. The molecule has 2 heterocycles. The summed E-state index contributed by atoms with van der Waals surface area (Å²) in [6.07, 6.45) is 2.49. The van der Waals surface area contributed by atoms with Crippen molar-refractivity contribution in [3.63, 3.8) is 0 Å². The fourth-order valence-corrected chi connectivity index (χ4v) is 2.52. The number of aromatic nitrogens is 4. The van der Waals surface area contributed by atoms with Crippen LogP contribution in [0.3, 0.4) is 0 Å². The van der Waals surface area contributed by atoms with Gasteiger partial charge in [-0.1, -0.05) is 31.2 Å². The van der Waals surface area contributed by atoms with E-state index < -0.39 is 0 Å². The first-order valence-corrected chi connectivity index (χ1v) is 8.95. The van der Waals surface area contributed by atoms with E-state index in [4.69, 9.17) is 4.42 Å². The van der Waals surface area contributed by atoms with Crippen molar-refractivity contribution >= 4 is 11.8 Å². The summed E-state index contributed by atoms with van der Waals surface area (Å²) in [6, 6.07) is 11.4. The zero-order valence-electron chi connectivity index (χ0n) is 15.8. The Bertz CT molecular complexity index is 918. The van der Waals surface area contributed by atoms with Crippen LogP contribution in [0.15, 0.2) is 47.1 Å². The molecule has 146 valence electrons. The van der Waals surface area contributed by atoms with Gasteiger partial charge in [-0.15, -0.1) is 10.2 Å². The summed E-state index contributed by atoms with van der Waals surface area (Å²) in [7, 11) is 1.55. The lowest BCUT2D eigenvalue weighted by Crippen LogP contribution is -2.39. The normalized spacial score (nSPS) is 10.6. The number of aryl methyl sites for hydroxylation is 1. The van der Waals surface area contributed by atoms with E-state index in [1.165, 1.54) is 21.5 Å². The van der Waals surface area contributed by atoms with E-state index in [1.807, 2.05) is 24.3 Å². The number of carbonyl (C=O) groups excluding carboxylic acids is 2. The Morgan fingerprint density at radius 2 is 2.00 bits per heavy atom. The van der Waals surface area contributed by atoms with E-state index >= 15 is 0 Å². The van der Waals surface area contributed by atoms with Crippen LogP contribution in [0.1, 0.15) is 18.2 Å². The van der Waals surface area contributed by atoms with Gasteiger partial charge in [0.25, 0.3) is 0 Å². The molecule has 0 spiro atoms. The van der Waals surface area contributed by atoms with Crippen molar-refractivity contribution in [2.75, 3.05) is 13.6 Å². The Morgan fingerprint density at radius 3 is 2.68 bits per heavy atom. The fourth-order valence-electron chi connectivity index (χ4n) is 2.52. The SMILES string of the molecule is CCc1ccc(-c2nnn(CC(=O)N(C)CC(=O)NCc3ccco3)n2)cc1. The van der Waals surface area contributed by atoms with Crippen LogP contribution in [0.2, 0.25) is 0 Å². The van der Waals surface area contributed by atoms with Gasteiger partial charge < -0.3 is 14.6 Å². The molecule has 28 heavy (non-hydrogen) atoms. The van der Waals surface area contributed by atoms with Crippen molar-refractivity contribution in [1.82, 2.24) is 30.4 Å². The van der Waals surface area contributed by atoms with Gasteiger partial charge in [0.15, 0.2) is 0 Å². The summed E-state index contributed by atoms with van der Waals surface area (Å²) in [6.45, 7) is 2.20. The number of carbonyl (C=O) groups is 2. The van der Waals surface area contributed by atoms with Crippen molar-refractivity contribution in [3.05, 3.63) is 54.0 Å². The average molecular weight is 382 g/mol. The zero-order chi connectivity index (χ0) is 19.9. The molecule has 0 aliphatic heterocycles. The minimum absolute atomic E-state index is 0.0699. The Morgan fingerprint density at radius 1 is 1.21 bits per heavy atom. The number of benzene rings is 1. The third-order valence-electron chi connectivity index (χ3n) is 4.20. The van der Waals surface area contributed by atoms with Crippen molar-refractivity contribution in [3.8, 4) is 11.4 Å². The van der Waals surface area contributed by atoms with Crippen LogP contribution in [0.25, 0.3) is 11.4 Å². The average Bonchev–Trinajstić information content (AvgIpc) is 3.38. The van der Waals surface area contributed by atoms with Gasteiger partial charge in [-0.2, -0.15) is 4.80 Å². The second-order valence-corrected chi connectivity index (χ2v) is 6.30.